The fraction of sp³-hybridized carbons (Fsp3) is 0.250. The van der Waals surface area contributed by atoms with Crippen LogP contribution in [0.15, 0.2) is 30.5 Å². The molecule has 0 bridgehead atoms. The fourth-order valence-electron chi connectivity index (χ4n) is 1.61. The summed E-state index contributed by atoms with van der Waals surface area (Å²) in [4.78, 5) is 7.00. The second kappa shape index (κ2) is 5.02. The molecule has 0 radical (unpaired) electrons. The fourth-order valence-corrected chi connectivity index (χ4v) is 1.75. The Bertz CT molecular complexity index is 534. The van der Waals surface area contributed by atoms with Gasteiger partial charge < -0.3 is 4.98 Å². The number of halogens is 4. The minimum atomic E-state index is -4.32. The van der Waals surface area contributed by atoms with Crippen LogP contribution in [-0.2, 0) is 18.5 Å². The van der Waals surface area contributed by atoms with Gasteiger partial charge in [-0.2, -0.15) is 13.2 Å². The zero-order valence-corrected chi connectivity index (χ0v) is 10.0. The van der Waals surface area contributed by atoms with Crippen molar-refractivity contribution in [3.63, 3.8) is 0 Å². The van der Waals surface area contributed by atoms with Crippen molar-refractivity contribution in [2.45, 2.75) is 18.5 Å². The maximum Gasteiger partial charge on any atom is 0.416 e. The number of imidazole rings is 1. The van der Waals surface area contributed by atoms with E-state index in [1.807, 2.05) is 0 Å². The Morgan fingerprint density at radius 3 is 2.67 bits per heavy atom. The SMILES string of the molecule is FC(F)(F)c1cccc(Cc2ncc(CCl)[nH]2)c1. The zero-order valence-electron chi connectivity index (χ0n) is 9.26. The van der Waals surface area contributed by atoms with Crippen LogP contribution in [0.1, 0.15) is 22.6 Å². The zero-order chi connectivity index (χ0) is 13.2. The summed E-state index contributed by atoms with van der Waals surface area (Å²) in [6.45, 7) is 0. The first kappa shape index (κ1) is 13.0. The van der Waals surface area contributed by atoms with Crippen LogP contribution in [0.4, 0.5) is 13.2 Å². The predicted molar refractivity (Wildman–Crippen MR) is 62.4 cm³/mol. The summed E-state index contributed by atoms with van der Waals surface area (Å²) in [5, 5.41) is 0. The van der Waals surface area contributed by atoms with Gasteiger partial charge in [-0.3, -0.25) is 0 Å². The van der Waals surface area contributed by atoms with Gasteiger partial charge in [-0.1, -0.05) is 18.2 Å². The Labute approximate surface area is 107 Å². The quantitative estimate of drug-likeness (QED) is 0.848. The van der Waals surface area contributed by atoms with Crippen LogP contribution in [0.5, 0.6) is 0 Å². The molecule has 0 aliphatic heterocycles. The molecule has 0 unspecified atom stereocenters. The molecule has 0 fully saturated rings. The summed E-state index contributed by atoms with van der Waals surface area (Å²) in [6, 6.07) is 5.21. The average molecular weight is 275 g/mol. The highest BCUT2D eigenvalue weighted by atomic mass is 35.5. The number of alkyl halides is 4. The number of hydrogen-bond donors (Lipinski definition) is 1. The summed E-state index contributed by atoms with van der Waals surface area (Å²) < 4.78 is 37.6. The van der Waals surface area contributed by atoms with Crippen LogP contribution in [-0.4, -0.2) is 9.97 Å². The molecule has 1 N–H and O–H groups in total. The lowest BCUT2D eigenvalue weighted by atomic mass is 10.1. The highest BCUT2D eigenvalue weighted by Crippen LogP contribution is 2.29. The standard InChI is InChI=1S/C12H10ClF3N2/c13-6-10-7-17-11(18-10)5-8-2-1-3-9(4-8)12(14,15)16/h1-4,7H,5-6H2,(H,17,18). The molecule has 1 aromatic carbocycles. The first-order valence-electron chi connectivity index (χ1n) is 5.24. The highest BCUT2D eigenvalue weighted by molar-refractivity contribution is 6.16. The molecule has 0 saturated carbocycles. The summed E-state index contributed by atoms with van der Waals surface area (Å²) >= 11 is 5.61. The van der Waals surface area contributed by atoms with Crippen molar-refractivity contribution >= 4 is 11.6 Å². The Hall–Kier alpha value is -1.49. The number of benzene rings is 1. The van der Waals surface area contributed by atoms with Crippen molar-refractivity contribution < 1.29 is 13.2 Å². The van der Waals surface area contributed by atoms with Crippen molar-refractivity contribution in [3.8, 4) is 0 Å². The van der Waals surface area contributed by atoms with E-state index in [-0.39, 0.29) is 0 Å². The molecule has 1 aromatic heterocycles. The number of aromatic nitrogens is 2. The van der Waals surface area contributed by atoms with Gasteiger partial charge in [0.05, 0.1) is 11.4 Å². The molecule has 0 amide bonds. The van der Waals surface area contributed by atoms with Gasteiger partial charge in [-0.05, 0) is 11.6 Å². The summed E-state index contributed by atoms with van der Waals surface area (Å²) in [6.07, 6.45) is -2.42. The molecule has 18 heavy (non-hydrogen) atoms. The first-order valence-corrected chi connectivity index (χ1v) is 5.77. The van der Waals surface area contributed by atoms with Gasteiger partial charge in [0, 0.05) is 18.3 Å². The lowest BCUT2D eigenvalue weighted by Gasteiger charge is -2.07. The summed E-state index contributed by atoms with van der Waals surface area (Å²) in [5.74, 6) is 0.903. The predicted octanol–water partition coefficient (Wildman–Crippen LogP) is 3.76. The van der Waals surface area contributed by atoms with Crippen LogP contribution in [0, 0.1) is 0 Å². The van der Waals surface area contributed by atoms with Gasteiger partial charge in [-0.15, -0.1) is 11.6 Å². The third-order valence-corrected chi connectivity index (χ3v) is 2.74. The first-order chi connectivity index (χ1) is 8.49. The monoisotopic (exact) mass is 274 g/mol. The molecule has 2 rings (SSSR count). The van der Waals surface area contributed by atoms with E-state index in [4.69, 9.17) is 11.6 Å². The Balaban J connectivity index is 2.19. The minimum Gasteiger partial charge on any atom is -0.345 e. The van der Waals surface area contributed by atoms with E-state index in [0.29, 0.717) is 23.7 Å². The molecular weight excluding hydrogens is 265 g/mol. The van der Waals surface area contributed by atoms with Crippen molar-refractivity contribution in [1.82, 2.24) is 9.97 Å². The van der Waals surface area contributed by atoms with E-state index in [0.717, 1.165) is 17.8 Å². The van der Waals surface area contributed by atoms with E-state index >= 15 is 0 Å². The third-order valence-electron chi connectivity index (χ3n) is 2.45. The van der Waals surface area contributed by atoms with Crippen molar-refractivity contribution in [3.05, 3.63) is 53.1 Å². The lowest BCUT2D eigenvalue weighted by molar-refractivity contribution is -0.137. The maximum atomic E-state index is 12.5. The van der Waals surface area contributed by atoms with Crippen LogP contribution < -0.4 is 0 Å². The molecule has 6 heteroatoms. The van der Waals surface area contributed by atoms with Gasteiger partial charge in [0.25, 0.3) is 0 Å². The number of rotatable bonds is 3. The number of H-pyrrole nitrogens is 1. The number of nitrogens with zero attached hydrogens (tertiary/aromatic N) is 1. The van der Waals surface area contributed by atoms with Gasteiger partial charge in [0.2, 0.25) is 0 Å². The van der Waals surface area contributed by atoms with E-state index in [2.05, 4.69) is 9.97 Å². The second-order valence-corrected chi connectivity index (χ2v) is 4.13. The van der Waals surface area contributed by atoms with Crippen LogP contribution >= 0.6 is 11.6 Å². The lowest BCUT2D eigenvalue weighted by Crippen LogP contribution is -2.05. The molecule has 0 spiro atoms. The normalized spacial score (nSPS) is 11.8. The molecule has 0 aliphatic carbocycles. The smallest absolute Gasteiger partial charge is 0.345 e. The van der Waals surface area contributed by atoms with Gasteiger partial charge in [0.1, 0.15) is 5.82 Å². The molecule has 2 nitrogen and oxygen atoms in total. The molecule has 2 aromatic rings. The van der Waals surface area contributed by atoms with Gasteiger partial charge in [0.15, 0.2) is 0 Å². The van der Waals surface area contributed by atoms with Crippen molar-refractivity contribution in [1.29, 1.82) is 0 Å². The Morgan fingerprint density at radius 1 is 1.28 bits per heavy atom. The van der Waals surface area contributed by atoms with Crippen LogP contribution in [0.3, 0.4) is 0 Å². The third kappa shape index (κ3) is 3.04. The van der Waals surface area contributed by atoms with Gasteiger partial charge >= 0.3 is 6.18 Å². The molecule has 0 saturated heterocycles. The van der Waals surface area contributed by atoms with Crippen molar-refractivity contribution in [2.75, 3.05) is 0 Å². The molecular formula is C12H10ClF3N2. The van der Waals surface area contributed by atoms with E-state index in [1.54, 1.807) is 12.3 Å². The number of aromatic amines is 1. The highest BCUT2D eigenvalue weighted by Gasteiger charge is 2.30. The molecule has 96 valence electrons. The maximum absolute atomic E-state index is 12.5. The largest absolute Gasteiger partial charge is 0.416 e. The van der Waals surface area contributed by atoms with E-state index in [9.17, 15) is 13.2 Å². The van der Waals surface area contributed by atoms with E-state index < -0.39 is 11.7 Å². The van der Waals surface area contributed by atoms with Crippen molar-refractivity contribution in [2.24, 2.45) is 0 Å². The Kier molecular flexibility index (Phi) is 3.61. The van der Waals surface area contributed by atoms with Crippen LogP contribution in [0.25, 0.3) is 0 Å². The number of nitrogens with one attached hydrogen (secondary N) is 1. The van der Waals surface area contributed by atoms with E-state index in [1.165, 1.54) is 6.07 Å². The molecule has 0 atom stereocenters. The Morgan fingerprint density at radius 2 is 2.06 bits per heavy atom. The van der Waals surface area contributed by atoms with Gasteiger partial charge in [-0.25, -0.2) is 4.98 Å². The second-order valence-electron chi connectivity index (χ2n) is 3.86. The molecule has 0 aliphatic rings. The summed E-state index contributed by atoms with van der Waals surface area (Å²) in [7, 11) is 0. The minimum absolute atomic E-state index is 0.301. The number of hydrogen-bond acceptors (Lipinski definition) is 1. The summed E-state index contributed by atoms with van der Waals surface area (Å²) in [5.41, 5.74) is 0.656. The topological polar surface area (TPSA) is 28.7 Å². The average Bonchev–Trinajstić information content (AvgIpc) is 2.76. The molecule has 1 heterocycles. The van der Waals surface area contributed by atoms with Crippen LogP contribution in [0.2, 0.25) is 0 Å².